The van der Waals surface area contributed by atoms with Gasteiger partial charge in [0, 0.05) is 13.3 Å². The van der Waals surface area contributed by atoms with E-state index in [1.54, 1.807) is 7.11 Å². The van der Waals surface area contributed by atoms with Crippen LogP contribution in [0.5, 0.6) is 5.75 Å². The number of unbranched alkanes of at least 4 members (excludes halogenated alkanes) is 1. The van der Waals surface area contributed by atoms with E-state index in [9.17, 15) is 4.79 Å². The Labute approximate surface area is 114 Å². The second-order valence-corrected chi connectivity index (χ2v) is 4.18. The zero-order valence-electron chi connectivity index (χ0n) is 11.7. The second kappa shape index (κ2) is 8.17. The van der Waals surface area contributed by atoms with Gasteiger partial charge in [-0.25, -0.2) is 0 Å². The van der Waals surface area contributed by atoms with Crippen LogP contribution in [0.4, 0.5) is 0 Å². The summed E-state index contributed by atoms with van der Waals surface area (Å²) in [6, 6.07) is 7.62. The van der Waals surface area contributed by atoms with E-state index in [2.05, 4.69) is 12.7 Å². The van der Waals surface area contributed by atoms with Crippen LogP contribution < -0.4 is 4.74 Å². The maximum Gasteiger partial charge on any atom is 0.308 e. The molecule has 19 heavy (non-hydrogen) atoms. The minimum atomic E-state index is -0.304. The molecule has 0 saturated heterocycles. The van der Waals surface area contributed by atoms with Crippen LogP contribution in [0.2, 0.25) is 0 Å². The Morgan fingerprint density at radius 2 is 2.00 bits per heavy atom. The molecule has 0 aliphatic rings. The normalized spacial score (nSPS) is 9.42. The molecule has 0 aliphatic carbocycles. The lowest BCUT2D eigenvalue weighted by molar-refractivity contribution is -0.137. The molecule has 102 valence electrons. The summed E-state index contributed by atoms with van der Waals surface area (Å²) in [4.78, 5) is 11.0. The van der Waals surface area contributed by atoms with Gasteiger partial charge in [-0.1, -0.05) is 31.2 Å². The molecule has 0 N–H and O–H groups in total. The van der Waals surface area contributed by atoms with E-state index < -0.39 is 0 Å². The average molecular weight is 260 g/mol. The van der Waals surface area contributed by atoms with Gasteiger partial charge in [-0.2, -0.15) is 0 Å². The van der Waals surface area contributed by atoms with Gasteiger partial charge in [0.2, 0.25) is 0 Å². The lowest BCUT2D eigenvalue weighted by atomic mass is 10.2. The van der Waals surface area contributed by atoms with Crippen LogP contribution in [0, 0.1) is 0 Å². The molecule has 0 bridgehead atoms. The van der Waals surface area contributed by atoms with E-state index in [1.807, 2.05) is 30.3 Å². The highest BCUT2D eigenvalue weighted by Crippen LogP contribution is 2.13. The van der Waals surface area contributed by atoms with Crippen LogP contribution in [0.3, 0.4) is 0 Å². The minimum absolute atomic E-state index is 0.304. The molecule has 0 atom stereocenters. The van der Waals surface area contributed by atoms with Crippen molar-refractivity contribution in [1.82, 2.24) is 0 Å². The molecule has 1 rings (SSSR count). The number of rotatable bonds is 6. The standard InChI is InChI=1S/C16H20O3/c1-4-5-6-16(19-13(2)17)12-9-14-7-10-15(18-3)11-8-14/h7-11H,4-6H2,1-3H3. The number of hydrogen-bond donors (Lipinski definition) is 0. The highest BCUT2D eigenvalue weighted by molar-refractivity contribution is 5.67. The van der Waals surface area contributed by atoms with Gasteiger partial charge in [0.15, 0.2) is 0 Å². The molecule has 0 radical (unpaired) electrons. The first-order valence-corrected chi connectivity index (χ1v) is 6.43. The van der Waals surface area contributed by atoms with Crippen LogP contribution >= 0.6 is 0 Å². The van der Waals surface area contributed by atoms with Gasteiger partial charge in [0.05, 0.1) is 7.11 Å². The molecule has 0 spiro atoms. The molecule has 0 aromatic heterocycles. The highest BCUT2D eigenvalue weighted by atomic mass is 16.5. The molecule has 0 aliphatic heterocycles. The fourth-order valence-electron chi connectivity index (χ4n) is 1.53. The van der Waals surface area contributed by atoms with Crippen molar-refractivity contribution in [3.05, 3.63) is 41.3 Å². The number of ether oxygens (including phenoxy) is 2. The molecule has 1 aromatic rings. The lowest BCUT2D eigenvalue weighted by Crippen LogP contribution is -1.97. The van der Waals surface area contributed by atoms with Crippen LogP contribution in [-0.2, 0) is 9.53 Å². The first-order valence-electron chi connectivity index (χ1n) is 6.43. The molecule has 0 saturated carbocycles. The van der Waals surface area contributed by atoms with E-state index in [1.165, 1.54) is 6.92 Å². The third kappa shape index (κ3) is 5.94. The van der Waals surface area contributed by atoms with E-state index in [4.69, 9.17) is 9.47 Å². The van der Waals surface area contributed by atoms with E-state index in [-0.39, 0.29) is 5.97 Å². The largest absolute Gasteiger partial charge is 0.497 e. The summed E-state index contributed by atoms with van der Waals surface area (Å²) < 4.78 is 10.2. The van der Waals surface area contributed by atoms with E-state index in [0.717, 1.165) is 30.6 Å². The maximum atomic E-state index is 11.0. The Morgan fingerprint density at radius 3 is 2.53 bits per heavy atom. The molecule has 3 heteroatoms. The van der Waals surface area contributed by atoms with E-state index in [0.29, 0.717) is 5.76 Å². The van der Waals surface area contributed by atoms with Crippen molar-refractivity contribution in [3.63, 3.8) is 0 Å². The molecular formula is C16H20O3. The van der Waals surface area contributed by atoms with Gasteiger partial charge >= 0.3 is 5.97 Å². The molecule has 0 unspecified atom stereocenters. The monoisotopic (exact) mass is 260 g/mol. The predicted molar refractivity (Wildman–Crippen MR) is 75.8 cm³/mol. The number of carbonyl (C=O) groups is 1. The van der Waals surface area contributed by atoms with Crippen LogP contribution in [0.15, 0.2) is 35.8 Å². The molecule has 0 heterocycles. The van der Waals surface area contributed by atoms with Crippen LogP contribution in [0.1, 0.15) is 38.7 Å². The molecule has 0 fully saturated rings. The predicted octanol–water partition coefficient (Wildman–Crippen LogP) is 3.94. The Balaban J connectivity index is 2.84. The van der Waals surface area contributed by atoms with Gasteiger partial charge in [-0.3, -0.25) is 4.79 Å². The molecular weight excluding hydrogens is 240 g/mol. The van der Waals surface area contributed by atoms with Crippen molar-refractivity contribution in [2.45, 2.75) is 33.1 Å². The van der Waals surface area contributed by atoms with Gasteiger partial charge in [-0.05, 0) is 30.2 Å². The summed E-state index contributed by atoms with van der Waals surface area (Å²) in [6.45, 7) is 3.50. The summed E-state index contributed by atoms with van der Waals surface area (Å²) in [5.41, 5.74) is 4.04. The van der Waals surface area contributed by atoms with Crippen molar-refractivity contribution in [1.29, 1.82) is 0 Å². The van der Waals surface area contributed by atoms with Gasteiger partial charge < -0.3 is 9.47 Å². The summed E-state index contributed by atoms with van der Waals surface area (Å²) in [7, 11) is 1.63. The SMILES string of the molecule is CCCCC(=C=Cc1ccc(OC)cc1)OC(C)=O. The van der Waals surface area contributed by atoms with E-state index >= 15 is 0 Å². The van der Waals surface area contributed by atoms with Crippen molar-refractivity contribution in [3.8, 4) is 5.75 Å². The zero-order valence-corrected chi connectivity index (χ0v) is 11.7. The highest BCUT2D eigenvalue weighted by Gasteiger charge is 2.00. The van der Waals surface area contributed by atoms with Crippen LogP contribution in [0.25, 0.3) is 6.08 Å². The topological polar surface area (TPSA) is 35.5 Å². The van der Waals surface area contributed by atoms with Crippen molar-refractivity contribution in [2.75, 3.05) is 7.11 Å². The van der Waals surface area contributed by atoms with Gasteiger partial charge in [0.25, 0.3) is 0 Å². The van der Waals surface area contributed by atoms with Gasteiger partial charge in [0.1, 0.15) is 11.5 Å². The number of carbonyl (C=O) groups excluding carboxylic acids is 1. The Bertz CT molecular complexity index is 465. The molecule has 3 nitrogen and oxygen atoms in total. The number of methoxy groups -OCH3 is 1. The lowest BCUT2D eigenvalue weighted by Gasteiger charge is -2.03. The fourth-order valence-corrected chi connectivity index (χ4v) is 1.53. The van der Waals surface area contributed by atoms with Crippen molar-refractivity contribution < 1.29 is 14.3 Å². The third-order valence-electron chi connectivity index (χ3n) is 2.54. The smallest absolute Gasteiger partial charge is 0.308 e. The summed E-state index contributed by atoms with van der Waals surface area (Å²) in [5, 5.41) is 0. The number of hydrogen-bond acceptors (Lipinski definition) is 3. The first-order chi connectivity index (χ1) is 9.15. The minimum Gasteiger partial charge on any atom is -0.497 e. The number of allylic oxidation sites excluding steroid dienone is 1. The zero-order chi connectivity index (χ0) is 14.1. The molecule has 0 amide bonds. The third-order valence-corrected chi connectivity index (χ3v) is 2.54. The fraction of sp³-hybridized carbons (Fsp3) is 0.375. The Kier molecular flexibility index (Phi) is 6.48. The Hall–Kier alpha value is -1.99. The molecule has 1 aromatic carbocycles. The van der Waals surface area contributed by atoms with Crippen LogP contribution in [-0.4, -0.2) is 13.1 Å². The van der Waals surface area contributed by atoms with Crippen molar-refractivity contribution >= 4 is 12.0 Å². The van der Waals surface area contributed by atoms with Crippen molar-refractivity contribution in [2.24, 2.45) is 0 Å². The summed E-state index contributed by atoms with van der Waals surface area (Å²) in [5.74, 6) is 1.10. The Morgan fingerprint density at radius 1 is 1.32 bits per heavy atom. The summed E-state index contributed by atoms with van der Waals surface area (Å²) in [6.07, 6.45) is 4.57. The number of benzene rings is 1. The first kappa shape index (κ1) is 15.1. The average Bonchev–Trinajstić information content (AvgIpc) is 2.42. The number of esters is 1. The maximum absolute atomic E-state index is 11.0. The summed E-state index contributed by atoms with van der Waals surface area (Å²) >= 11 is 0. The van der Waals surface area contributed by atoms with Gasteiger partial charge in [-0.15, -0.1) is 0 Å². The quantitative estimate of drug-likeness (QED) is 0.441. The second-order valence-electron chi connectivity index (χ2n) is 4.18.